The number of benzene rings is 1. The Morgan fingerprint density at radius 1 is 0.897 bits per heavy atom. The van der Waals surface area contributed by atoms with Gasteiger partial charge in [0.15, 0.2) is 0 Å². The summed E-state index contributed by atoms with van der Waals surface area (Å²) >= 11 is 8.84. The zero-order valence-electron chi connectivity index (χ0n) is 18.1. The first-order valence-corrected chi connectivity index (χ1v) is 12.6. The maximum absolute atomic E-state index is 10.8. The molecule has 0 unspecified atom stereocenters. The lowest BCUT2D eigenvalue weighted by molar-refractivity contribution is -0.107. The lowest BCUT2D eigenvalue weighted by Gasteiger charge is -2.09. The molecule has 0 saturated carbocycles. The highest BCUT2D eigenvalue weighted by atomic mass is 79.9. The molecular weight excluding hydrogens is 448 g/mol. The molecule has 0 spiro atoms. The number of ether oxygens (including phenoxy) is 1. The Kier molecular flexibility index (Phi) is 16.3. The summed E-state index contributed by atoms with van der Waals surface area (Å²) in [5.74, 6) is 0.842. The first-order chi connectivity index (χ1) is 14.1. The Hall–Kier alpha value is -0.800. The van der Waals surface area contributed by atoms with Gasteiger partial charge >= 0.3 is 0 Å². The van der Waals surface area contributed by atoms with Gasteiger partial charge in [-0.1, -0.05) is 103 Å². The van der Waals surface area contributed by atoms with Gasteiger partial charge < -0.3 is 4.74 Å². The highest BCUT2D eigenvalue weighted by Crippen LogP contribution is 2.27. The summed E-state index contributed by atoms with van der Waals surface area (Å²) in [7, 11) is 0. The number of carbonyl (C=O) groups excluding carboxylic acids is 1. The van der Waals surface area contributed by atoms with E-state index < -0.39 is 5.24 Å². The molecule has 0 radical (unpaired) electrons. The van der Waals surface area contributed by atoms with Crippen LogP contribution in [0, 0.1) is 0 Å². The first kappa shape index (κ1) is 26.2. The van der Waals surface area contributed by atoms with E-state index in [1.807, 2.05) is 18.2 Å². The van der Waals surface area contributed by atoms with Gasteiger partial charge in [0.1, 0.15) is 5.75 Å². The largest absolute Gasteiger partial charge is 0.492 e. The van der Waals surface area contributed by atoms with Crippen molar-refractivity contribution in [2.45, 2.75) is 96.8 Å². The lowest BCUT2D eigenvalue weighted by Crippen LogP contribution is -1.98. The van der Waals surface area contributed by atoms with Crippen LogP contribution in [0.15, 0.2) is 28.7 Å². The van der Waals surface area contributed by atoms with E-state index in [-0.39, 0.29) is 0 Å². The number of rotatable bonds is 18. The predicted octanol–water partition coefficient (Wildman–Crippen LogP) is 9.09. The summed E-state index contributed by atoms with van der Waals surface area (Å²) in [6, 6.07) is 5.77. The average Bonchev–Trinajstić information content (AvgIpc) is 2.70. The summed E-state index contributed by atoms with van der Waals surface area (Å²) in [6.07, 6.45) is 22.1. The number of allylic oxidation sites excluding steroid dienone is 1. The minimum Gasteiger partial charge on any atom is -0.492 e. The van der Waals surface area contributed by atoms with Crippen LogP contribution >= 0.6 is 27.5 Å². The van der Waals surface area contributed by atoms with E-state index in [1.54, 1.807) is 6.08 Å². The van der Waals surface area contributed by atoms with Crippen molar-refractivity contribution < 1.29 is 9.53 Å². The van der Waals surface area contributed by atoms with Crippen molar-refractivity contribution in [2.24, 2.45) is 0 Å². The molecule has 4 heteroatoms. The van der Waals surface area contributed by atoms with Crippen LogP contribution in [0.25, 0.3) is 6.08 Å². The van der Waals surface area contributed by atoms with E-state index in [1.165, 1.54) is 89.5 Å². The fourth-order valence-electron chi connectivity index (χ4n) is 3.38. The highest BCUT2D eigenvalue weighted by molar-refractivity contribution is 9.10. The summed E-state index contributed by atoms with van der Waals surface area (Å²) in [4.78, 5) is 10.8. The van der Waals surface area contributed by atoms with Crippen LogP contribution in [-0.4, -0.2) is 11.8 Å². The third-order valence-corrected chi connectivity index (χ3v) is 5.86. The summed E-state index contributed by atoms with van der Waals surface area (Å²) in [6.45, 7) is 3.02. The van der Waals surface area contributed by atoms with Crippen molar-refractivity contribution in [1.82, 2.24) is 0 Å². The summed E-state index contributed by atoms with van der Waals surface area (Å²) in [5, 5.41) is -0.473. The second kappa shape index (κ2) is 18.0. The van der Waals surface area contributed by atoms with Crippen LogP contribution in [0.1, 0.15) is 102 Å². The van der Waals surface area contributed by atoms with Crippen LogP contribution in [0.5, 0.6) is 5.75 Å². The van der Waals surface area contributed by atoms with E-state index in [0.717, 1.165) is 28.8 Å². The van der Waals surface area contributed by atoms with E-state index in [2.05, 4.69) is 22.9 Å². The predicted molar refractivity (Wildman–Crippen MR) is 130 cm³/mol. The molecule has 0 atom stereocenters. The lowest BCUT2D eigenvalue weighted by atomic mass is 10.0. The zero-order chi connectivity index (χ0) is 21.2. The SMILES string of the molecule is CCCCCCCCCCCCCCCCOc1ccc(/C=C/C(=O)Cl)cc1Br. The quantitative estimate of drug-likeness (QED) is 0.118. The fraction of sp³-hybridized carbons (Fsp3) is 0.640. The Morgan fingerprint density at radius 3 is 1.90 bits per heavy atom. The van der Waals surface area contributed by atoms with Crippen LogP contribution < -0.4 is 4.74 Å². The number of halogens is 2. The molecule has 1 aromatic carbocycles. The van der Waals surface area contributed by atoms with Gasteiger partial charge in [0, 0.05) is 0 Å². The Bertz CT molecular complexity index is 586. The van der Waals surface area contributed by atoms with Gasteiger partial charge in [-0.05, 0) is 57.7 Å². The standard InChI is InChI=1S/C25H38BrClO2/c1-2-3-4-5-6-7-8-9-10-11-12-13-14-15-20-29-24-18-16-22(21-23(24)26)17-19-25(27)28/h16-19,21H,2-15,20H2,1H3/b19-17+. The number of hydrogen-bond donors (Lipinski definition) is 0. The van der Waals surface area contributed by atoms with Crippen LogP contribution in [0.2, 0.25) is 0 Å². The smallest absolute Gasteiger partial charge is 0.245 e. The van der Waals surface area contributed by atoms with Gasteiger partial charge in [-0.3, -0.25) is 4.79 Å². The monoisotopic (exact) mass is 484 g/mol. The van der Waals surface area contributed by atoms with E-state index >= 15 is 0 Å². The number of unbranched alkanes of at least 4 members (excludes halogenated alkanes) is 13. The van der Waals surface area contributed by atoms with Crippen LogP contribution in [-0.2, 0) is 4.79 Å². The molecule has 0 aliphatic rings. The Labute approximate surface area is 191 Å². The van der Waals surface area contributed by atoms with Gasteiger partial charge in [0.25, 0.3) is 0 Å². The molecule has 0 fully saturated rings. The minimum absolute atomic E-state index is 0.473. The Morgan fingerprint density at radius 2 is 1.41 bits per heavy atom. The van der Waals surface area contributed by atoms with Gasteiger partial charge in [-0.15, -0.1) is 0 Å². The number of hydrogen-bond acceptors (Lipinski definition) is 2. The second-order valence-electron chi connectivity index (χ2n) is 7.77. The normalized spacial score (nSPS) is 11.3. The molecule has 0 bridgehead atoms. The topological polar surface area (TPSA) is 26.3 Å². The van der Waals surface area contributed by atoms with E-state index in [9.17, 15) is 4.79 Å². The molecule has 1 aromatic rings. The summed E-state index contributed by atoms with van der Waals surface area (Å²) in [5.41, 5.74) is 0.912. The molecule has 0 aliphatic heterocycles. The van der Waals surface area contributed by atoms with Gasteiger partial charge in [0.2, 0.25) is 5.24 Å². The maximum atomic E-state index is 10.8. The zero-order valence-corrected chi connectivity index (χ0v) is 20.4. The second-order valence-corrected chi connectivity index (χ2v) is 9.00. The van der Waals surface area contributed by atoms with E-state index in [4.69, 9.17) is 16.3 Å². The molecule has 0 aliphatic carbocycles. The van der Waals surface area contributed by atoms with Crippen molar-refractivity contribution in [1.29, 1.82) is 0 Å². The van der Waals surface area contributed by atoms with Crippen LogP contribution in [0.4, 0.5) is 0 Å². The fourth-order valence-corrected chi connectivity index (χ4v) is 3.95. The van der Waals surface area contributed by atoms with Crippen molar-refractivity contribution in [3.8, 4) is 5.75 Å². The molecule has 164 valence electrons. The van der Waals surface area contributed by atoms with Gasteiger partial charge in [0.05, 0.1) is 11.1 Å². The van der Waals surface area contributed by atoms with Gasteiger partial charge in [-0.2, -0.15) is 0 Å². The molecule has 2 nitrogen and oxygen atoms in total. The van der Waals surface area contributed by atoms with E-state index in [0.29, 0.717) is 0 Å². The third kappa shape index (κ3) is 14.8. The number of carbonyl (C=O) groups is 1. The third-order valence-electron chi connectivity index (χ3n) is 5.12. The van der Waals surface area contributed by atoms with Crippen LogP contribution in [0.3, 0.4) is 0 Å². The molecule has 0 heterocycles. The Balaban J connectivity index is 1.96. The van der Waals surface area contributed by atoms with Crippen molar-refractivity contribution in [3.63, 3.8) is 0 Å². The van der Waals surface area contributed by atoms with Gasteiger partial charge in [-0.25, -0.2) is 0 Å². The van der Waals surface area contributed by atoms with Crippen molar-refractivity contribution in [3.05, 3.63) is 34.3 Å². The van der Waals surface area contributed by atoms with Crippen molar-refractivity contribution in [2.75, 3.05) is 6.61 Å². The molecule has 0 N–H and O–H groups in total. The minimum atomic E-state index is -0.473. The maximum Gasteiger partial charge on any atom is 0.245 e. The highest BCUT2D eigenvalue weighted by Gasteiger charge is 2.02. The first-order valence-electron chi connectivity index (χ1n) is 11.4. The molecule has 0 aromatic heterocycles. The molecule has 0 saturated heterocycles. The molecule has 0 amide bonds. The molecule has 29 heavy (non-hydrogen) atoms. The average molecular weight is 486 g/mol. The van der Waals surface area contributed by atoms with Crippen molar-refractivity contribution >= 4 is 38.8 Å². The molecular formula is C25H38BrClO2. The summed E-state index contributed by atoms with van der Waals surface area (Å²) < 4.78 is 6.76. The molecule has 1 rings (SSSR count).